The minimum atomic E-state index is 0.688. The number of hydrogen-bond donors (Lipinski definition) is 1. The Labute approximate surface area is 156 Å². The van der Waals surface area contributed by atoms with E-state index in [1.807, 2.05) is 23.0 Å². The Kier molecular flexibility index (Phi) is 6.18. The fraction of sp³-hybridized carbons (Fsp3) is 0.364. The van der Waals surface area contributed by atoms with Gasteiger partial charge in [-0.2, -0.15) is 15.0 Å². The topological polar surface area (TPSA) is 42.7 Å². The third kappa shape index (κ3) is 5.02. The Morgan fingerprint density at radius 2 is 1.81 bits per heavy atom. The summed E-state index contributed by atoms with van der Waals surface area (Å²) in [6.07, 6.45) is 1.16. The predicted octanol–water partition coefficient (Wildman–Crippen LogP) is 4.44. The van der Waals surface area contributed by atoms with Crippen LogP contribution in [-0.4, -0.2) is 21.5 Å². The summed E-state index contributed by atoms with van der Waals surface area (Å²) in [5.41, 5.74) is 5.57. The van der Waals surface area contributed by atoms with Crippen LogP contribution in [0.15, 0.2) is 54.6 Å². The van der Waals surface area contributed by atoms with Crippen molar-refractivity contribution in [3.05, 3.63) is 71.4 Å². The van der Waals surface area contributed by atoms with Crippen LogP contribution in [0.25, 0.3) is 11.3 Å². The van der Waals surface area contributed by atoms with Crippen molar-refractivity contribution in [3.8, 4) is 11.3 Å². The van der Waals surface area contributed by atoms with Crippen molar-refractivity contribution in [2.24, 2.45) is 5.92 Å². The Morgan fingerprint density at radius 3 is 2.54 bits per heavy atom. The van der Waals surface area contributed by atoms with Gasteiger partial charge >= 0.3 is 0 Å². The molecule has 1 heterocycles. The highest BCUT2D eigenvalue weighted by atomic mass is 15.5. The molecule has 0 saturated heterocycles. The molecule has 0 bridgehead atoms. The lowest BCUT2D eigenvalue weighted by molar-refractivity contribution is 0.529. The fourth-order valence-corrected chi connectivity index (χ4v) is 2.96. The van der Waals surface area contributed by atoms with Gasteiger partial charge in [0.25, 0.3) is 0 Å². The molecule has 26 heavy (non-hydrogen) atoms. The number of aryl methyl sites for hydroxylation is 1. The Morgan fingerprint density at radius 1 is 1.00 bits per heavy atom. The number of nitrogens with one attached hydrogen (secondary N) is 1. The predicted molar refractivity (Wildman–Crippen MR) is 107 cm³/mol. The van der Waals surface area contributed by atoms with E-state index in [0.717, 1.165) is 36.5 Å². The van der Waals surface area contributed by atoms with Gasteiger partial charge in [0, 0.05) is 12.1 Å². The minimum absolute atomic E-state index is 0.688. The maximum atomic E-state index is 4.78. The molecule has 0 aliphatic rings. The molecule has 136 valence electrons. The molecule has 0 saturated carbocycles. The molecule has 0 aliphatic heterocycles. The Balaban J connectivity index is 1.80. The van der Waals surface area contributed by atoms with Crippen LogP contribution >= 0.6 is 0 Å². The van der Waals surface area contributed by atoms with Crippen molar-refractivity contribution in [2.75, 3.05) is 6.54 Å². The molecule has 0 radical (unpaired) electrons. The highest BCUT2D eigenvalue weighted by Crippen LogP contribution is 2.20. The number of nitrogens with zero attached hydrogens (tertiary/aromatic N) is 3. The number of benzene rings is 2. The normalized spacial score (nSPS) is 11.2. The van der Waals surface area contributed by atoms with Crippen LogP contribution in [0.2, 0.25) is 0 Å². The number of hydrogen-bond acceptors (Lipinski definition) is 3. The summed E-state index contributed by atoms with van der Waals surface area (Å²) >= 11 is 0. The number of rotatable bonds is 8. The van der Waals surface area contributed by atoms with Crippen LogP contribution < -0.4 is 5.32 Å². The summed E-state index contributed by atoms with van der Waals surface area (Å²) in [6.45, 7) is 9.03. The van der Waals surface area contributed by atoms with Crippen LogP contribution in [0.4, 0.5) is 0 Å². The van der Waals surface area contributed by atoms with E-state index in [-0.39, 0.29) is 0 Å². The Bertz CT molecular complexity index is 821. The lowest BCUT2D eigenvalue weighted by Crippen LogP contribution is -2.17. The maximum absolute atomic E-state index is 4.78. The van der Waals surface area contributed by atoms with E-state index in [1.54, 1.807) is 0 Å². The summed E-state index contributed by atoms with van der Waals surface area (Å²) in [7, 11) is 0. The van der Waals surface area contributed by atoms with E-state index in [0.29, 0.717) is 12.5 Å². The van der Waals surface area contributed by atoms with Crippen LogP contribution in [-0.2, 0) is 13.1 Å². The molecule has 0 fully saturated rings. The van der Waals surface area contributed by atoms with E-state index in [4.69, 9.17) is 10.2 Å². The largest absolute Gasteiger partial charge is 0.311 e. The minimum Gasteiger partial charge on any atom is -0.311 e. The van der Waals surface area contributed by atoms with Gasteiger partial charge in [-0.05, 0) is 31.4 Å². The van der Waals surface area contributed by atoms with E-state index in [9.17, 15) is 0 Å². The first-order chi connectivity index (χ1) is 12.6. The molecule has 3 aromatic rings. The zero-order chi connectivity index (χ0) is 18.4. The highest BCUT2D eigenvalue weighted by molar-refractivity contribution is 5.60. The van der Waals surface area contributed by atoms with Gasteiger partial charge in [-0.3, -0.25) is 0 Å². The molecular formula is C22H28N4. The first-order valence-electron chi connectivity index (χ1n) is 9.37. The third-order valence-electron chi connectivity index (χ3n) is 4.37. The highest BCUT2D eigenvalue weighted by Gasteiger charge is 2.13. The van der Waals surface area contributed by atoms with Crippen molar-refractivity contribution in [1.29, 1.82) is 0 Å². The summed E-state index contributed by atoms with van der Waals surface area (Å²) in [5, 5.41) is 13.1. The second-order valence-corrected chi connectivity index (χ2v) is 7.24. The lowest BCUT2D eigenvalue weighted by atomic mass is 10.1. The van der Waals surface area contributed by atoms with E-state index < -0.39 is 0 Å². The lowest BCUT2D eigenvalue weighted by Gasteiger charge is -2.06. The number of aromatic nitrogens is 3. The molecule has 4 nitrogen and oxygen atoms in total. The molecule has 4 heteroatoms. The SMILES string of the molecule is Cc1cccc(Cn2nc(CNCCC(C)C)c(-c3ccccc3)n2)c1. The van der Waals surface area contributed by atoms with Crippen molar-refractivity contribution in [1.82, 2.24) is 20.3 Å². The molecule has 0 spiro atoms. The summed E-state index contributed by atoms with van der Waals surface area (Å²) < 4.78 is 0. The van der Waals surface area contributed by atoms with Gasteiger partial charge in [0.2, 0.25) is 0 Å². The molecule has 1 N–H and O–H groups in total. The monoisotopic (exact) mass is 348 g/mol. The summed E-state index contributed by atoms with van der Waals surface area (Å²) in [4.78, 5) is 1.82. The zero-order valence-electron chi connectivity index (χ0n) is 15.9. The van der Waals surface area contributed by atoms with Crippen LogP contribution in [0.5, 0.6) is 0 Å². The van der Waals surface area contributed by atoms with Crippen molar-refractivity contribution < 1.29 is 0 Å². The molecule has 0 atom stereocenters. The van der Waals surface area contributed by atoms with Crippen molar-refractivity contribution in [2.45, 2.75) is 40.3 Å². The van der Waals surface area contributed by atoms with Crippen LogP contribution in [0.1, 0.15) is 37.1 Å². The quantitative estimate of drug-likeness (QED) is 0.612. The standard InChI is InChI=1S/C22H28N4/c1-17(2)12-13-23-15-21-22(20-10-5-4-6-11-20)25-26(24-21)16-19-9-7-8-18(3)14-19/h4-11,14,17,23H,12-13,15-16H2,1-3H3. The van der Waals surface area contributed by atoms with Crippen LogP contribution in [0.3, 0.4) is 0 Å². The average molecular weight is 348 g/mol. The smallest absolute Gasteiger partial charge is 0.117 e. The van der Waals surface area contributed by atoms with E-state index in [1.165, 1.54) is 11.1 Å². The molecular weight excluding hydrogens is 320 g/mol. The maximum Gasteiger partial charge on any atom is 0.117 e. The van der Waals surface area contributed by atoms with Crippen molar-refractivity contribution >= 4 is 0 Å². The van der Waals surface area contributed by atoms with Gasteiger partial charge in [0.05, 0.1) is 6.54 Å². The molecule has 3 rings (SSSR count). The second kappa shape index (κ2) is 8.77. The second-order valence-electron chi connectivity index (χ2n) is 7.24. The van der Waals surface area contributed by atoms with Gasteiger partial charge in [0.15, 0.2) is 0 Å². The molecule has 0 unspecified atom stereocenters. The molecule has 0 amide bonds. The van der Waals surface area contributed by atoms with Crippen LogP contribution in [0, 0.1) is 12.8 Å². The average Bonchev–Trinajstić information content (AvgIpc) is 3.02. The van der Waals surface area contributed by atoms with E-state index >= 15 is 0 Å². The summed E-state index contributed by atoms with van der Waals surface area (Å²) in [6, 6.07) is 18.8. The summed E-state index contributed by atoms with van der Waals surface area (Å²) in [5.74, 6) is 0.702. The van der Waals surface area contributed by atoms with Gasteiger partial charge in [-0.1, -0.05) is 74.0 Å². The van der Waals surface area contributed by atoms with Gasteiger partial charge < -0.3 is 5.32 Å². The zero-order valence-corrected chi connectivity index (χ0v) is 15.9. The third-order valence-corrected chi connectivity index (χ3v) is 4.37. The Hall–Kier alpha value is -2.46. The first kappa shape index (κ1) is 18.3. The van der Waals surface area contributed by atoms with Gasteiger partial charge in [-0.15, -0.1) is 0 Å². The molecule has 1 aromatic heterocycles. The van der Waals surface area contributed by atoms with Gasteiger partial charge in [0.1, 0.15) is 11.4 Å². The fourth-order valence-electron chi connectivity index (χ4n) is 2.96. The molecule has 0 aliphatic carbocycles. The molecule has 2 aromatic carbocycles. The van der Waals surface area contributed by atoms with Gasteiger partial charge in [-0.25, -0.2) is 0 Å². The van der Waals surface area contributed by atoms with E-state index in [2.05, 4.69) is 62.5 Å². The first-order valence-corrected chi connectivity index (χ1v) is 9.37. The van der Waals surface area contributed by atoms with Crippen molar-refractivity contribution in [3.63, 3.8) is 0 Å².